The Morgan fingerprint density at radius 3 is 2.51 bits per heavy atom. The molecule has 1 saturated carbocycles. The number of ether oxygens (including phenoxy) is 1. The number of aliphatic hydroxyl groups is 1. The smallest absolute Gasteiger partial charge is 0.282 e. The van der Waals surface area contributed by atoms with E-state index >= 15 is 0 Å². The van der Waals surface area contributed by atoms with E-state index in [0.29, 0.717) is 58.3 Å². The summed E-state index contributed by atoms with van der Waals surface area (Å²) in [6.07, 6.45) is 0.985. The van der Waals surface area contributed by atoms with Crippen molar-refractivity contribution in [1.29, 1.82) is 0 Å². The zero-order valence-electron chi connectivity index (χ0n) is 20.8. The molecule has 0 aromatic carbocycles. The third-order valence-corrected chi connectivity index (χ3v) is 9.78. The van der Waals surface area contributed by atoms with Gasteiger partial charge in [0.05, 0.1) is 23.3 Å². The van der Waals surface area contributed by atoms with Gasteiger partial charge in [0.1, 0.15) is 5.65 Å². The first-order valence-electron chi connectivity index (χ1n) is 12.5. The summed E-state index contributed by atoms with van der Waals surface area (Å²) in [4.78, 5) is 21.9. The predicted molar refractivity (Wildman–Crippen MR) is 132 cm³/mol. The molecule has 0 bridgehead atoms. The van der Waals surface area contributed by atoms with Crippen LogP contribution in [-0.2, 0) is 14.9 Å². The number of piperidine rings is 1. The maximum atomic E-state index is 13.6. The molecule has 3 aliphatic rings. The molecule has 0 radical (unpaired) electrons. The minimum Gasteiger partial charge on any atom is -0.388 e. The van der Waals surface area contributed by atoms with Gasteiger partial charge in [-0.1, -0.05) is 0 Å². The molecule has 204 valence electrons. The lowest BCUT2D eigenvalue weighted by atomic mass is 9.99. The van der Waals surface area contributed by atoms with Crippen LogP contribution < -0.4 is 10.9 Å². The lowest BCUT2D eigenvalue weighted by Gasteiger charge is -2.41. The van der Waals surface area contributed by atoms with Crippen LogP contribution in [0, 0.1) is 0 Å². The van der Waals surface area contributed by atoms with Gasteiger partial charge in [-0.2, -0.15) is 22.0 Å². The third-order valence-electron chi connectivity index (χ3n) is 7.81. The molecule has 2 aromatic rings. The molecule has 2 saturated heterocycles. The lowest BCUT2D eigenvalue weighted by Crippen LogP contribution is -2.59. The fourth-order valence-electron chi connectivity index (χ4n) is 5.51. The van der Waals surface area contributed by atoms with E-state index in [2.05, 4.69) is 15.3 Å². The predicted octanol–water partition coefficient (Wildman–Crippen LogP) is 1.66. The molecule has 3 fully saturated rings. The van der Waals surface area contributed by atoms with Crippen LogP contribution >= 0.6 is 0 Å². The van der Waals surface area contributed by atoms with Crippen molar-refractivity contribution in [2.45, 2.75) is 69.2 Å². The molecule has 37 heavy (non-hydrogen) atoms. The third kappa shape index (κ3) is 4.85. The van der Waals surface area contributed by atoms with Gasteiger partial charge < -0.3 is 15.2 Å². The van der Waals surface area contributed by atoms with Crippen LogP contribution in [0.4, 0.5) is 14.7 Å². The number of fused-ring (bicyclic) bond motifs is 1. The Hall–Kier alpha value is -2.26. The normalized spacial score (nSPS) is 26.7. The first-order valence-corrected chi connectivity index (χ1v) is 13.9. The van der Waals surface area contributed by atoms with Crippen molar-refractivity contribution in [2.24, 2.45) is 0 Å². The number of pyridine rings is 1. The highest BCUT2D eigenvalue weighted by molar-refractivity contribution is 7.86. The molecule has 11 nitrogen and oxygen atoms in total. The Kier molecular flexibility index (Phi) is 6.98. The minimum absolute atomic E-state index is 0.0684. The van der Waals surface area contributed by atoms with Crippen molar-refractivity contribution in [3.05, 3.63) is 28.2 Å². The molecule has 2 atom stereocenters. The standard InChI is InChI=1S/C23H32F2N6O5S/c1-23(33)7-3-4-18(23)31-20-14(10-17(19(24)25)21(31)32)11-26-22(28-20)27-15-5-8-29(9-6-15)37(34,35)30-12-16(13-30)36-2/h10-11,15-16,18-19,33H,3-9,12-13H2,1-2H3,(H,26,27,28)/t18-,23-/m1/s1. The number of nitrogens with zero attached hydrogens (tertiary/aromatic N) is 5. The largest absolute Gasteiger partial charge is 0.388 e. The quantitative estimate of drug-likeness (QED) is 0.541. The summed E-state index contributed by atoms with van der Waals surface area (Å²) in [5.74, 6) is 0.218. The second-order valence-corrected chi connectivity index (χ2v) is 12.2. The van der Waals surface area contributed by atoms with Crippen molar-refractivity contribution in [3.63, 3.8) is 0 Å². The molecule has 2 aliphatic heterocycles. The van der Waals surface area contributed by atoms with E-state index in [1.165, 1.54) is 19.4 Å². The lowest BCUT2D eigenvalue weighted by molar-refractivity contribution is 0.00925. The number of alkyl halides is 2. The van der Waals surface area contributed by atoms with Gasteiger partial charge in [0.25, 0.3) is 22.2 Å². The van der Waals surface area contributed by atoms with Crippen LogP contribution in [-0.4, -0.2) is 87.7 Å². The van der Waals surface area contributed by atoms with E-state index in [9.17, 15) is 27.1 Å². The highest BCUT2D eigenvalue weighted by Crippen LogP contribution is 2.40. The Labute approximate surface area is 213 Å². The number of hydrogen-bond acceptors (Lipinski definition) is 8. The Bertz CT molecular complexity index is 1320. The second-order valence-electron chi connectivity index (χ2n) is 10.3. The molecule has 2 aromatic heterocycles. The van der Waals surface area contributed by atoms with E-state index in [0.717, 1.165) is 6.07 Å². The van der Waals surface area contributed by atoms with Crippen LogP contribution in [0.25, 0.3) is 11.0 Å². The summed E-state index contributed by atoms with van der Waals surface area (Å²) in [6.45, 7) is 2.97. The van der Waals surface area contributed by atoms with Crippen molar-refractivity contribution in [2.75, 3.05) is 38.6 Å². The van der Waals surface area contributed by atoms with Crippen LogP contribution in [0.5, 0.6) is 0 Å². The molecule has 4 heterocycles. The first kappa shape index (κ1) is 26.4. The number of hydrogen-bond donors (Lipinski definition) is 2. The van der Waals surface area contributed by atoms with Crippen molar-refractivity contribution >= 4 is 27.2 Å². The number of anilines is 1. The average Bonchev–Trinajstić information content (AvgIpc) is 3.16. The molecule has 2 N–H and O–H groups in total. The van der Waals surface area contributed by atoms with Gasteiger partial charge in [0.15, 0.2) is 0 Å². The molecule has 0 unspecified atom stereocenters. The maximum Gasteiger partial charge on any atom is 0.282 e. The maximum absolute atomic E-state index is 13.6. The molecular weight excluding hydrogens is 510 g/mol. The molecule has 1 aliphatic carbocycles. The molecule has 0 amide bonds. The fraction of sp³-hybridized carbons (Fsp3) is 0.696. The van der Waals surface area contributed by atoms with Gasteiger partial charge in [-0.3, -0.25) is 9.36 Å². The highest BCUT2D eigenvalue weighted by atomic mass is 32.2. The van der Waals surface area contributed by atoms with Crippen molar-refractivity contribution in [3.8, 4) is 0 Å². The number of nitrogens with one attached hydrogen (secondary N) is 1. The second kappa shape index (κ2) is 9.80. The van der Waals surface area contributed by atoms with Gasteiger partial charge in [0, 0.05) is 50.9 Å². The Morgan fingerprint density at radius 2 is 1.92 bits per heavy atom. The average molecular weight is 543 g/mol. The fourth-order valence-corrected chi connectivity index (χ4v) is 7.22. The Morgan fingerprint density at radius 1 is 1.22 bits per heavy atom. The summed E-state index contributed by atoms with van der Waals surface area (Å²) in [6, 6.07) is 0.318. The van der Waals surface area contributed by atoms with Gasteiger partial charge in [-0.05, 0) is 45.1 Å². The minimum atomic E-state index is -3.53. The monoisotopic (exact) mass is 542 g/mol. The summed E-state index contributed by atoms with van der Waals surface area (Å²) in [5.41, 5.74) is -2.55. The van der Waals surface area contributed by atoms with E-state index < -0.39 is 39.4 Å². The first-order chi connectivity index (χ1) is 17.5. The van der Waals surface area contributed by atoms with E-state index in [-0.39, 0.29) is 29.1 Å². The summed E-state index contributed by atoms with van der Waals surface area (Å²) >= 11 is 0. The molecule has 14 heteroatoms. The summed E-state index contributed by atoms with van der Waals surface area (Å²) in [7, 11) is -1.97. The van der Waals surface area contributed by atoms with Crippen molar-refractivity contribution < 1.29 is 27.0 Å². The van der Waals surface area contributed by atoms with Gasteiger partial charge in [-0.25, -0.2) is 13.8 Å². The molecule has 0 spiro atoms. The summed E-state index contributed by atoms with van der Waals surface area (Å²) in [5, 5.41) is 14.4. The van der Waals surface area contributed by atoms with Gasteiger partial charge in [-0.15, -0.1) is 0 Å². The van der Waals surface area contributed by atoms with Crippen LogP contribution in [0.3, 0.4) is 0 Å². The number of aromatic nitrogens is 3. The number of rotatable bonds is 7. The zero-order chi connectivity index (χ0) is 26.5. The van der Waals surface area contributed by atoms with E-state index in [4.69, 9.17) is 4.74 Å². The van der Waals surface area contributed by atoms with Crippen LogP contribution in [0.1, 0.15) is 57.1 Å². The van der Waals surface area contributed by atoms with Crippen LogP contribution in [0.2, 0.25) is 0 Å². The summed E-state index contributed by atoms with van der Waals surface area (Å²) < 4.78 is 62.2. The van der Waals surface area contributed by atoms with Crippen molar-refractivity contribution in [1.82, 2.24) is 23.1 Å². The molecule has 5 rings (SSSR count). The van der Waals surface area contributed by atoms with Crippen LogP contribution in [0.15, 0.2) is 17.1 Å². The zero-order valence-corrected chi connectivity index (χ0v) is 21.6. The topological polar surface area (TPSA) is 130 Å². The number of halogens is 2. The molecular formula is C23H32F2N6O5S. The van der Waals surface area contributed by atoms with Gasteiger partial charge in [0.2, 0.25) is 5.95 Å². The number of methoxy groups -OCH3 is 1. The van der Waals surface area contributed by atoms with E-state index in [1.807, 2.05) is 0 Å². The van der Waals surface area contributed by atoms with E-state index in [1.54, 1.807) is 14.0 Å². The Balaban J connectivity index is 1.36. The highest BCUT2D eigenvalue weighted by Gasteiger charge is 2.41. The SMILES string of the molecule is COC1CN(S(=O)(=O)N2CCC(Nc3ncc4cc(C(F)F)c(=O)n([C@@H]5CCC[C@@]5(C)O)c4n3)CC2)C1. The van der Waals surface area contributed by atoms with Gasteiger partial charge >= 0.3 is 0 Å².